The Bertz CT molecular complexity index is 1030. The monoisotopic (exact) mass is 392 g/mol. The van der Waals surface area contributed by atoms with Crippen LogP contribution >= 0.6 is 0 Å². The van der Waals surface area contributed by atoms with Gasteiger partial charge < -0.3 is 5.32 Å². The first-order valence-electron chi connectivity index (χ1n) is 10.1. The lowest BCUT2D eigenvalue weighted by molar-refractivity contribution is 0.0932. The summed E-state index contributed by atoms with van der Waals surface area (Å²) < 4.78 is 1.38. The molecule has 1 amide bonds. The fraction of sp³-hybridized carbons (Fsp3) is 0.348. The maximum atomic E-state index is 13.0. The third-order valence-electron chi connectivity index (χ3n) is 5.25. The molecule has 2 aromatic carbocycles. The summed E-state index contributed by atoms with van der Waals surface area (Å²) in [5.74, 6) is -0.262. The van der Waals surface area contributed by atoms with Crippen LogP contribution in [0, 0.1) is 0 Å². The van der Waals surface area contributed by atoms with Crippen molar-refractivity contribution in [1.29, 1.82) is 0 Å². The molecule has 29 heavy (non-hydrogen) atoms. The van der Waals surface area contributed by atoms with Crippen molar-refractivity contribution in [2.45, 2.75) is 33.4 Å². The number of amides is 1. The van der Waals surface area contributed by atoms with Gasteiger partial charge in [-0.05, 0) is 31.6 Å². The van der Waals surface area contributed by atoms with Gasteiger partial charge in [-0.3, -0.25) is 14.5 Å². The van der Waals surface area contributed by atoms with E-state index in [1.165, 1.54) is 4.68 Å². The van der Waals surface area contributed by atoms with Gasteiger partial charge in [0.2, 0.25) is 0 Å². The molecule has 0 saturated heterocycles. The molecule has 152 valence electrons. The van der Waals surface area contributed by atoms with E-state index < -0.39 is 0 Å². The van der Waals surface area contributed by atoms with Crippen molar-refractivity contribution in [3.05, 3.63) is 76.2 Å². The average molecular weight is 393 g/mol. The van der Waals surface area contributed by atoms with Crippen molar-refractivity contribution in [1.82, 2.24) is 20.0 Å². The smallest absolute Gasteiger partial charge is 0.274 e. The molecule has 1 atom stereocenters. The fourth-order valence-electron chi connectivity index (χ4n) is 3.57. The number of carbonyl (C=O) groups is 1. The third-order valence-corrected chi connectivity index (χ3v) is 5.25. The molecule has 0 aliphatic rings. The molecule has 3 aromatic rings. The number of rotatable bonds is 8. The highest BCUT2D eigenvalue weighted by Crippen LogP contribution is 2.14. The van der Waals surface area contributed by atoms with E-state index in [1.54, 1.807) is 18.2 Å². The van der Waals surface area contributed by atoms with E-state index in [9.17, 15) is 9.59 Å². The number of carbonyl (C=O) groups excluding carboxylic acids is 1. The van der Waals surface area contributed by atoms with E-state index >= 15 is 0 Å². The van der Waals surface area contributed by atoms with Crippen LogP contribution in [0.2, 0.25) is 0 Å². The van der Waals surface area contributed by atoms with Crippen molar-refractivity contribution < 1.29 is 4.79 Å². The number of hydrogen-bond donors (Lipinski definition) is 1. The second kappa shape index (κ2) is 9.47. The quantitative estimate of drug-likeness (QED) is 0.640. The molecule has 1 aromatic heterocycles. The molecule has 0 spiro atoms. The topological polar surface area (TPSA) is 67.2 Å². The maximum Gasteiger partial charge on any atom is 0.274 e. The second-order valence-corrected chi connectivity index (χ2v) is 7.12. The molecule has 0 saturated carbocycles. The van der Waals surface area contributed by atoms with Gasteiger partial charge in [-0.15, -0.1) is 0 Å². The fourth-order valence-corrected chi connectivity index (χ4v) is 3.57. The lowest BCUT2D eigenvalue weighted by Gasteiger charge is -2.26. The minimum atomic E-state index is -0.262. The van der Waals surface area contributed by atoms with Gasteiger partial charge >= 0.3 is 0 Å². The van der Waals surface area contributed by atoms with Gasteiger partial charge in [-0.25, -0.2) is 4.68 Å². The first kappa shape index (κ1) is 20.7. The zero-order chi connectivity index (χ0) is 20.8. The highest BCUT2D eigenvalue weighted by atomic mass is 16.2. The van der Waals surface area contributed by atoms with Crippen molar-refractivity contribution in [2.75, 3.05) is 19.6 Å². The molecule has 6 heteroatoms. The van der Waals surface area contributed by atoms with Crippen molar-refractivity contribution in [3.8, 4) is 0 Å². The number of nitrogens with zero attached hydrogens (tertiary/aromatic N) is 3. The Labute approximate surface area is 171 Å². The first-order valence-corrected chi connectivity index (χ1v) is 10.1. The largest absolute Gasteiger partial charge is 0.349 e. The van der Waals surface area contributed by atoms with Gasteiger partial charge in [0.25, 0.3) is 11.5 Å². The Kier molecular flexibility index (Phi) is 6.77. The predicted molar refractivity (Wildman–Crippen MR) is 116 cm³/mol. The summed E-state index contributed by atoms with van der Waals surface area (Å²) in [5, 5.41) is 8.51. The summed E-state index contributed by atoms with van der Waals surface area (Å²) in [6.07, 6.45) is 0. The standard InChI is InChI=1S/C23H28N4O2/c1-4-26(5-2)17(3)15-24-22(28)21-19-13-9-10-14-20(19)23(29)27(25-21)16-18-11-7-6-8-12-18/h6-14,17H,4-5,15-16H2,1-3H3,(H,24,28). The van der Waals surface area contributed by atoms with Gasteiger partial charge in [-0.1, -0.05) is 62.4 Å². The number of nitrogens with one attached hydrogen (secondary N) is 1. The van der Waals surface area contributed by atoms with Gasteiger partial charge in [0, 0.05) is 18.0 Å². The highest BCUT2D eigenvalue weighted by molar-refractivity contribution is 6.04. The third kappa shape index (κ3) is 4.71. The molecule has 0 aliphatic heterocycles. The Morgan fingerprint density at radius 1 is 1.03 bits per heavy atom. The van der Waals surface area contributed by atoms with Crippen LogP contribution in [0.25, 0.3) is 10.8 Å². The van der Waals surface area contributed by atoms with Crippen LogP contribution in [0.5, 0.6) is 0 Å². The number of benzene rings is 2. The summed E-state index contributed by atoms with van der Waals surface area (Å²) >= 11 is 0. The summed E-state index contributed by atoms with van der Waals surface area (Å²) in [7, 11) is 0. The summed E-state index contributed by atoms with van der Waals surface area (Å²) in [5.41, 5.74) is 1.04. The predicted octanol–water partition coefficient (Wildman–Crippen LogP) is 2.90. The number of aromatic nitrogens is 2. The zero-order valence-electron chi connectivity index (χ0n) is 17.3. The van der Waals surface area contributed by atoms with Crippen LogP contribution in [-0.2, 0) is 6.54 Å². The molecular weight excluding hydrogens is 364 g/mol. The minimum Gasteiger partial charge on any atom is -0.349 e. The van der Waals surface area contributed by atoms with Crippen LogP contribution in [-0.4, -0.2) is 46.3 Å². The average Bonchev–Trinajstić information content (AvgIpc) is 2.75. The normalized spacial score (nSPS) is 12.3. The highest BCUT2D eigenvalue weighted by Gasteiger charge is 2.18. The van der Waals surface area contributed by atoms with E-state index in [-0.39, 0.29) is 23.2 Å². The zero-order valence-corrected chi connectivity index (χ0v) is 17.3. The molecule has 0 fully saturated rings. The summed E-state index contributed by atoms with van der Waals surface area (Å²) in [6, 6.07) is 17.0. The molecule has 1 heterocycles. The Hall–Kier alpha value is -2.99. The second-order valence-electron chi connectivity index (χ2n) is 7.12. The van der Waals surface area contributed by atoms with E-state index in [0.717, 1.165) is 18.7 Å². The van der Waals surface area contributed by atoms with Crippen molar-refractivity contribution in [3.63, 3.8) is 0 Å². The summed E-state index contributed by atoms with van der Waals surface area (Å²) in [6.45, 7) is 9.00. The van der Waals surface area contributed by atoms with Crippen molar-refractivity contribution >= 4 is 16.7 Å². The Balaban J connectivity index is 1.93. The molecular formula is C23H28N4O2. The van der Waals surface area contributed by atoms with Gasteiger partial charge in [0.1, 0.15) is 0 Å². The van der Waals surface area contributed by atoms with E-state index in [4.69, 9.17) is 0 Å². The first-order chi connectivity index (χ1) is 14.0. The lowest BCUT2D eigenvalue weighted by Crippen LogP contribution is -2.42. The van der Waals surface area contributed by atoms with Gasteiger partial charge in [-0.2, -0.15) is 5.10 Å². The van der Waals surface area contributed by atoms with E-state index in [1.807, 2.05) is 36.4 Å². The van der Waals surface area contributed by atoms with Gasteiger partial charge in [0.05, 0.1) is 11.9 Å². The van der Waals surface area contributed by atoms with Gasteiger partial charge in [0.15, 0.2) is 5.69 Å². The summed E-state index contributed by atoms with van der Waals surface area (Å²) in [4.78, 5) is 28.2. The Morgan fingerprint density at radius 3 is 2.31 bits per heavy atom. The molecule has 0 bridgehead atoms. The Morgan fingerprint density at radius 2 is 1.66 bits per heavy atom. The van der Waals surface area contributed by atoms with Crippen LogP contribution < -0.4 is 10.9 Å². The SMILES string of the molecule is CCN(CC)C(C)CNC(=O)c1nn(Cc2ccccc2)c(=O)c2ccccc12. The molecule has 1 N–H and O–H groups in total. The molecule has 3 rings (SSSR count). The maximum absolute atomic E-state index is 13.0. The van der Waals surface area contributed by atoms with Crippen LogP contribution in [0.15, 0.2) is 59.4 Å². The minimum absolute atomic E-state index is 0.197. The van der Waals surface area contributed by atoms with Crippen LogP contribution in [0.1, 0.15) is 36.8 Å². The number of hydrogen-bond acceptors (Lipinski definition) is 4. The van der Waals surface area contributed by atoms with E-state index in [2.05, 4.69) is 36.1 Å². The number of fused-ring (bicyclic) bond motifs is 1. The van der Waals surface area contributed by atoms with Crippen LogP contribution in [0.3, 0.4) is 0 Å². The number of likely N-dealkylation sites (N-methyl/N-ethyl adjacent to an activating group) is 1. The lowest BCUT2D eigenvalue weighted by atomic mass is 10.1. The molecule has 0 aliphatic carbocycles. The van der Waals surface area contributed by atoms with Crippen molar-refractivity contribution in [2.24, 2.45) is 0 Å². The molecule has 6 nitrogen and oxygen atoms in total. The van der Waals surface area contributed by atoms with E-state index in [0.29, 0.717) is 23.9 Å². The molecule has 0 radical (unpaired) electrons. The van der Waals surface area contributed by atoms with Crippen LogP contribution in [0.4, 0.5) is 0 Å². The molecule has 1 unspecified atom stereocenters.